The maximum absolute atomic E-state index is 11.8. The summed E-state index contributed by atoms with van der Waals surface area (Å²) in [6.07, 6.45) is 1.61. The van der Waals surface area contributed by atoms with E-state index in [0.29, 0.717) is 6.42 Å². The average molecular weight is 263 g/mol. The van der Waals surface area contributed by atoms with Crippen LogP contribution in [0.15, 0.2) is 18.2 Å². The monoisotopic (exact) mass is 263 g/mol. The predicted molar refractivity (Wildman–Crippen MR) is 75.9 cm³/mol. The van der Waals surface area contributed by atoms with Crippen molar-refractivity contribution in [3.05, 3.63) is 23.2 Å². The van der Waals surface area contributed by atoms with E-state index in [1.54, 1.807) is 11.3 Å². The molecular formula is C13H17N3OS. The van der Waals surface area contributed by atoms with Crippen LogP contribution in [0.2, 0.25) is 0 Å². The summed E-state index contributed by atoms with van der Waals surface area (Å²) in [6, 6.07) is 5.28. The second-order valence-corrected chi connectivity index (χ2v) is 5.53. The van der Waals surface area contributed by atoms with Crippen LogP contribution < -0.4 is 11.1 Å². The lowest BCUT2D eigenvalue weighted by atomic mass is 10.1. The molecule has 1 aromatic carbocycles. The maximum atomic E-state index is 11.8. The molecule has 1 atom stereocenters. The number of hydrogen-bond donors (Lipinski definition) is 2. The van der Waals surface area contributed by atoms with Gasteiger partial charge in [-0.1, -0.05) is 13.3 Å². The second kappa shape index (κ2) is 5.46. The summed E-state index contributed by atoms with van der Waals surface area (Å²) in [5.41, 5.74) is 7.52. The minimum atomic E-state index is -0.436. The van der Waals surface area contributed by atoms with E-state index in [9.17, 15) is 4.79 Å². The lowest BCUT2D eigenvalue weighted by Gasteiger charge is -2.10. The third-order valence-corrected chi connectivity index (χ3v) is 3.63. The third-order valence-electron chi connectivity index (χ3n) is 2.70. The van der Waals surface area contributed by atoms with Gasteiger partial charge in [0, 0.05) is 5.69 Å². The fraction of sp³-hybridized carbons (Fsp3) is 0.385. The first-order chi connectivity index (χ1) is 8.60. The number of thiazole rings is 1. The molecule has 2 rings (SSSR count). The summed E-state index contributed by atoms with van der Waals surface area (Å²) < 4.78 is 1.08. The van der Waals surface area contributed by atoms with Crippen molar-refractivity contribution in [2.75, 3.05) is 5.32 Å². The topological polar surface area (TPSA) is 68.0 Å². The van der Waals surface area contributed by atoms with Gasteiger partial charge in [0.15, 0.2) is 0 Å². The van der Waals surface area contributed by atoms with Gasteiger partial charge in [-0.25, -0.2) is 4.98 Å². The third kappa shape index (κ3) is 2.86. The Labute approximate surface area is 110 Å². The molecule has 0 fully saturated rings. The van der Waals surface area contributed by atoms with Crippen molar-refractivity contribution in [2.24, 2.45) is 5.73 Å². The van der Waals surface area contributed by atoms with Crippen molar-refractivity contribution in [3.8, 4) is 0 Å². The molecule has 0 aliphatic heterocycles. The van der Waals surface area contributed by atoms with Crippen molar-refractivity contribution in [1.82, 2.24) is 4.98 Å². The van der Waals surface area contributed by atoms with Crippen molar-refractivity contribution >= 4 is 33.1 Å². The fourth-order valence-corrected chi connectivity index (χ4v) is 2.66. The number of aromatic nitrogens is 1. The summed E-state index contributed by atoms with van der Waals surface area (Å²) >= 11 is 1.62. The first-order valence-electron chi connectivity index (χ1n) is 6.03. The van der Waals surface area contributed by atoms with E-state index in [1.165, 1.54) is 0 Å². The zero-order chi connectivity index (χ0) is 13.1. The average Bonchev–Trinajstić information content (AvgIpc) is 2.68. The van der Waals surface area contributed by atoms with E-state index < -0.39 is 6.04 Å². The standard InChI is InChI=1S/C13H17N3OS/c1-3-4-10(14)13(17)16-9-5-6-11-12(7-9)18-8(2)15-11/h5-7,10H,3-4,14H2,1-2H3,(H,16,17). The van der Waals surface area contributed by atoms with Gasteiger partial charge in [-0.15, -0.1) is 11.3 Å². The van der Waals surface area contributed by atoms with Crippen molar-refractivity contribution in [3.63, 3.8) is 0 Å². The lowest BCUT2D eigenvalue weighted by molar-refractivity contribution is -0.117. The highest BCUT2D eigenvalue weighted by Gasteiger charge is 2.12. The Morgan fingerprint density at radius 3 is 3.06 bits per heavy atom. The van der Waals surface area contributed by atoms with Crippen LogP contribution in [-0.4, -0.2) is 16.9 Å². The van der Waals surface area contributed by atoms with E-state index in [0.717, 1.165) is 27.3 Å². The van der Waals surface area contributed by atoms with E-state index in [4.69, 9.17) is 5.73 Å². The van der Waals surface area contributed by atoms with E-state index in [-0.39, 0.29) is 5.91 Å². The summed E-state index contributed by atoms with van der Waals surface area (Å²) in [6.45, 7) is 3.99. The minimum absolute atomic E-state index is 0.127. The van der Waals surface area contributed by atoms with E-state index in [1.807, 2.05) is 32.0 Å². The molecule has 3 N–H and O–H groups in total. The maximum Gasteiger partial charge on any atom is 0.241 e. The number of benzene rings is 1. The number of amides is 1. The molecule has 0 bridgehead atoms. The molecule has 2 aromatic rings. The first-order valence-corrected chi connectivity index (χ1v) is 6.85. The Morgan fingerprint density at radius 2 is 2.33 bits per heavy atom. The zero-order valence-corrected chi connectivity index (χ0v) is 11.4. The summed E-state index contributed by atoms with van der Waals surface area (Å²) in [5.74, 6) is -0.127. The number of nitrogens with two attached hydrogens (primary N) is 1. The van der Waals surface area contributed by atoms with Gasteiger partial charge >= 0.3 is 0 Å². The first kappa shape index (κ1) is 13.0. The van der Waals surface area contributed by atoms with Crippen LogP contribution in [0.25, 0.3) is 10.2 Å². The smallest absolute Gasteiger partial charge is 0.241 e. The Balaban J connectivity index is 2.14. The van der Waals surface area contributed by atoms with Crippen molar-refractivity contribution in [2.45, 2.75) is 32.7 Å². The highest BCUT2D eigenvalue weighted by atomic mass is 32.1. The lowest BCUT2D eigenvalue weighted by Crippen LogP contribution is -2.35. The molecule has 4 nitrogen and oxygen atoms in total. The molecule has 1 heterocycles. The molecule has 18 heavy (non-hydrogen) atoms. The summed E-state index contributed by atoms with van der Waals surface area (Å²) in [7, 11) is 0. The van der Waals surface area contributed by atoms with Crippen LogP contribution in [0, 0.1) is 6.92 Å². The number of aryl methyl sites for hydroxylation is 1. The number of hydrogen-bond acceptors (Lipinski definition) is 4. The molecule has 1 aromatic heterocycles. The normalized spacial score (nSPS) is 12.6. The number of rotatable bonds is 4. The number of carbonyl (C=O) groups excluding carboxylic acids is 1. The quantitative estimate of drug-likeness (QED) is 0.891. The molecule has 0 aliphatic carbocycles. The Hall–Kier alpha value is -1.46. The van der Waals surface area contributed by atoms with Crippen LogP contribution in [-0.2, 0) is 4.79 Å². The molecule has 1 amide bonds. The SMILES string of the molecule is CCCC(N)C(=O)Nc1ccc2nc(C)sc2c1. The minimum Gasteiger partial charge on any atom is -0.325 e. The van der Waals surface area contributed by atoms with E-state index in [2.05, 4.69) is 10.3 Å². The zero-order valence-electron chi connectivity index (χ0n) is 10.6. The number of nitrogens with one attached hydrogen (secondary N) is 1. The highest BCUT2D eigenvalue weighted by Crippen LogP contribution is 2.24. The Bertz CT molecular complexity index is 564. The van der Waals surface area contributed by atoms with Crippen molar-refractivity contribution < 1.29 is 4.79 Å². The van der Waals surface area contributed by atoms with E-state index >= 15 is 0 Å². The molecule has 5 heteroatoms. The van der Waals surface area contributed by atoms with Gasteiger partial charge in [-0.3, -0.25) is 4.79 Å². The molecule has 0 aliphatic rings. The van der Waals surface area contributed by atoms with Gasteiger partial charge in [0.2, 0.25) is 5.91 Å². The van der Waals surface area contributed by atoms with Gasteiger partial charge in [0.1, 0.15) is 0 Å². The predicted octanol–water partition coefficient (Wildman–Crippen LogP) is 2.67. The van der Waals surface area contributed by atoms with Crippen LogP contribution in [0.3, 0.4) is 0 Å². The molecular weight excluding hydrogens is 246 g/mol. The van der Waals surface area contributed by atoms with Crippen LogP contribution in [0.5, 0.6) is 0 Å². The summed E-state index contributed by atoms with van der Waals surface area (Å²) in [4.78, 5) is 16.2. The molecule has 0 spiro atoms. The Morgan fingerprint density at radius 1 is 1.56 bits per heavy atom. The van der Waals surface area contributed by atoms with Gasteiger partial charge < -0.3 is 11.1 Å². The van der Waals surface area contributed by atoms with Gasteiger partial charge in [-0.05, 0) is 31.5 Å². The molecule has 0 saturated heterocycles. The number of fused-ring (bicyclic) bond motifs is 1. The van der Waals surface area contributed by atoms with Gasteiger partial charge in [-0.2, -0.15) is 0 Å². The van der Waals surface area contributed by atoms with Crippen LogP contribution in [0.4, 0.5) is 5.69 Å². The van der Waals surface area contributed by atoms with Crippen LogP contribution in [0.1, 0.15) is 24.8 Å². The second-order valence-electron chi connectivity index (χ2n) is 4.30. The fourth-order valence-electron chi connectivity index (χ4n) is 1.79. The van der Waals surface area contributed by atoms with Gasteiger partial charge in [0.05, 0.1) is 21.3 Å². The molecule has 0 radical (unpaired) electrons. The molecule has 1 unspecified atom stereocenters. The summed E-state index contributed by atoms with van der Waals surface area (Å²) in [5, 5.41) is 3.87. The number of carbonyl (C=O) groups is 1. The van der Waals surface area contributed by atoms with Gasteiger partial charge in [0.25, 0.3) is 0 Å². The number of anilines is 1. The molecule has 96 valence electrons. The number of nitrogens with zero attached hydrogens (tertiary/aromatic N) is 1. The largest absolute Gasteiger partial charge is 0.325 e. The Kier molecular flexibility index (Phi) is 3.93. The highest BCUT2D eigenvalue weighted by molar-refractivity contribution is 7.18. The molecule has 0 saturated carbocycles. The van der Waals surface area contributed by atoms with Crippen molar-refractivity contribution in [1.29, 1.82) is 0 Å². The van der Waals surface area contributed by atoms with Crippen LogP contribution >= 0.6 is 11.3 Å².